The van der Waals surface area contributed by atoms with Crippen LogP contribution in [-0.4, -0.2) is 39.9 Å². The first-order valence-electron chi connectivity index (χ1n) is 7.82. The number of nitrogens with two attached hydrogens (primary N) is 1. The number of hydrogen-bond donors (Lipinski definition) is 2. The van der Waals surface area contributed by atoms with E-state index < -0.39 is 0 Å². The molecule has 23 heavy (non-hydrogen) atoms. The zero-order valence-corrected chi connectivity index (χ0v) is 13.9. The van der Waals surface area contributed by atoms with Crippen molar-refractivity contribution in [2.24, 2.45) is 11.7 Å². The van der Waals surface area contributed by atoms with Gasteiger partial charge >= 0.3 is 0 Å². The van der Waals surface area contributed by atoms with E-state index in [1.807, 2.05) is 23.1 Å². The van der Waals surface area contributed by atoms with E-state index in [-0.39, 0.29) is 11.9 Å². The maximum Gasteiger partial charge on any atom is 0.273 e. The first-order valence-corrected chi connectivity index (χ1v) is 8.70. The molecule has 2 atom stereocenters. The van der Waals surface area contributed by atoms with E-state index in [4.69, 9.17) is 5.73 Å². The highest BCUT2D eigenvalue weighted by Gasteiger charge is 2.30. The molecule has 0 radical (unpaired) electrons. The lowest BCUT2D eigenvalue weighted by molar-refractivity contribution is 0.0568. The summed E-state index contributed by atoms with van der Waals surface area (Å²) in [5.74, 6) is 1.30. The fraction of sp³-hybridized carbons (Fsp3) is 0.438. The Balaban J connectivity index is 1.70. The topological polar surface area (TPSA) is 84.1 Å². The van der Waals surface area contributed by atoms with Crippen molar-refractivity contribution in [2.75, 3.05) is 18.4 Å². The number of pyridine rings is 1. The number of nitrogens with one attached hydrogen (secondary N) is 1. The van der Waals surface area contributed by atoms with Gasteiger partial charge in [-0.05, 0) is 30.9 Å². The molecule has 1 aliphatic rings. The Bertz CT molecular complexity index is 660. The second-order valence-corrected chi connectivity index (χ2v) is 6.75. The van der Waals surface area contributed by atoms with E-state index in [0.29, 0.717) is 29.1 Å². The van der Waals surface area contributed by atoms with Gasteiger partial charge < -0.3 is 16.0 Å². The van der Waals surface area contributed by atoms with Gasteiger partial charge in [0.2, 0.25) is 0 Å². The molecule has 0 bridgehead atoms. The number of likely N-dealkylation sites (tertiary alicyclic amines) is 1. The maximum absolute atomic E-state index is 12.7. The molecule has 7 heteroatoms. The smallest absolute Gasteiger partial charge is 0.273 e. The number of hydrogen-bond acceptors (Lipinski definition) is 6. The van der Waals surface area contributed by atoms with Crippen LogP contribution in [0.1, 0.15) is 30.3 Å². The number of amides is 1. The molecular weight excluding hydrogens is 310 g/mol. The molecular formula is C16H21N5OS. The molecule has 3 N–H and O–H groups in total. The van der Waals surface area contributed by atoms with Crippen LogP contribution in [0.25, 0.3) is 0 Å². The average Bonchev–Trinajstić information content (AvgIpc) is 3.03. The number of rotatable bonds is 4. The molecule has 0 saturated carbocycles. The Hall–Kier alpha value is -1.99. The highest BCUT2D eigenvalue weighted by molar-refractivity contribution is 7.14. The normalized spacial score (nSPS) is 21.2. The number of anilines is 2. The molecule has 1 fully saturated rings. The van der Waals surface area contributed by atoms with E-state index in [1.165, 1.54) is 11.3 Å². The van der Waals surface area contributed by atoms with Crippen LogP contribution in [-0.2, 0) is 0 Å². The monoisotopic (exact) mass is 331 g/mol. The first-order chi connectivity index (χ1) is 11.2. The van der Waals surface area contributed by atoms with Gasteiger partial charge in [-0.1, -0.05) is 13.0 Å². The van der Waals surface area contributed by atoms with Crippen LogP contribution in [0.3, 0.4) is 0 Å². The number of piperidine rings is 1. The van der Waals surface area contributed by atoms with Crippen molar-refractivity contribution in [1.29, 1.82) is 0 Å². The number of aromatic nitrogens is 2. The minimum Gasteiger partial charge on any atom is -0.333 e. The third-order valence-electron chi connectivity index (χ3n) is 4.13. The predicted molar refractivity (Wildman–Crippen MR) is 91.9 cm³/mol. The Kier molecular flexibility index (Phi) is 4.88. The molecule has 6 nitrogen and oxygen atoms in total. The number of nitrogens with zero attached hydrogens (tertiary/aromatic N) is 3. The lowest BCUT2D eigenvalue weighted by atomic mass is 9.92. The van der Waals surface area contributed by atoms with Crippen molar-refractivity contribution < 1.29 is 4.79 Å². The molecule has 3 heterocycles. The van der Waals surface area contributed by atoms with Gasteiger partial charge in [-0.2, -0.15) is 0 Å². The summed E-state index contributed by atoms with van der Waals surface area (Å²) in [4.78, 5) is 23.2. The van der Waals surface area contributed by atoms with Gasteiger partial charge in [0.15, 0.2) is 5.13 Å². The summed E-state index contributed by atoms with van der Waals surface area (Å²) in [5.41, 5.74) is 6.32. The van der Waals surface area contributed by atoms with Crippen molar-refractivity contribution in [2.45, 2.75) is 25.8 Å². The van der Waals surface area contributed by atoms with Crippen LogP contribution in [0, 0.1) is 5.92 Å². The minimum absolute atomic E-state index is 0.0299. The summed E-state index contributed by atoms with van der Waals surface area (Å²) >= 11 is 1.41. The first kappa shape index (κ1) is 15.9. The maximum atomic E-state index is 12.7. The Morgan fingerprint density at radius 1 is 1.52 bits per heavy atom. The molecule has 0 spiro atoms. The lowest BCUT2D eigenvalue weighted by Gasteiger charge is -2.37. The number of carbonyl (C=O) groups excluding carboxylic acids is 1. The van der Waals surface area contributed by atoms with Crippen molar-refractivity contribution in [3.8, 4) is 0 Å². The zero-order valence-electron chi connectivity index (χ0n) is 13.1. The molecule has 1 saturated heterocycles. The second-order valence-electron chi connectivity index (χ2n) is 5.90. The quantitative estimate of drug-likeness (QED) is 0.899. The molecule has 2 aromatic rings. The molecule has 1 aliphatic heterocycles. The third kappa shape index (κ3) is 3.68. The van der Waals surface area contributed by atoms with Gasteiger partial charge in [0.05, 0.1) is 0 Å². The predicted octanol–water partition coefficient (Wildman–Crippen LogP) is 2.48. The van der Waals surface area contributed by atoms with E-state index in [2.05, 4.69) is 22.2 Å². The molecule has 2 aromatic heterocycles. The van der Waals surface area contributed by atoms with E-state index in [0.717, 1.165) is 19.4 Å². The Morgan fingerprint density at radius 3 is 3.13 bits per heavy atom. The fourth-order valence-corrected chi connectivity index (χ4v) is 3.56. The lowest BCUT2D eigenvalue weighted by Crippen LogP contribution is -2.49. The fourth-order valence-electron chi connectivity index (χ4n) is 2.87. The van der Waals surface area contributed by atoms with E-state index in [1.54, 1.807) is 11.6 Å². The largest absolute Gasteiger partial charge is 0.333 e. The van der Waals surface area contributed by atoms with E-state index in [9.17, 15) is 4.79 Å². The van der Waals surface area contributed by atoms with E-state index >= 15 is 0 Å². The van der Waals surface area contributed by atoms with Crippen LogP contribution in [0.4, 0.5) is 10.9 Å². The van der Waals surface area contributed by atoms with Gasteiger partial charge in [0.1, 0.15) is 11.5 Å². The molecule has 3 rings (SSSR count). The molecule has 122 valence electrons. The van der Waals surface area contributed by atoms with Crippen molar-refractivity contribution >= 4 is 28.2 Å². The van der Waals surface area contributed by atoms with Crippen LogP contribution < -0.4 is 11.1 Å². The van der Waals surface area contributed by atoms with Crippen molar-refractivity contribution in [3.05, 3.63) is 35.5 Å². The highest BCUT2D eigenvalue weighted by atomic mass is 32.1. The highest BCUT2D eigenvalue weighted by Crippen LogP contribution is 2.25. The van der Waals surface area contributed by atoms with Crippen LogP contribution >= 0.6 is 11.3 Å². The number of carbonyl (C=O) groups is 1. The summed E-state index contributed by atoms with van der Waals surface area (Å²) in [6, 6.07) is 5.72. The number of thiazole rings is 1. The molecule has 0 aromatic carbocycles. The second kappa shape index (κ2) is 7.06. The third-order valence-corrected chi connectivity index (χ3v) is 4.89. The summed E-state index contributed by atoms with van der Waals surface area (Å²) in [7, 11) is 0. The van der Waals surface area contributed by atoms with Gasteiger partial charge in [-0.15, -0.1) is 11.3 Å². The summed E-state index contributed by atoms with van der Waals surface area (Å²) < 4.78 is 0. The van der Waals surface area contributed by atoms with Crippen molar-refractivity contribution in [1.82, 2.24) is 14.9 Å². The molecule has 2 unspecified atom stereocenters. The van der Waals surface area contributed by atoms with Crippen LogP contribution in [0.2, 0.25) is 0 Å². The summed E-state index contributed by atoms with van der Waals surface area (Å²) in [5, 5.41) is 5.57. The standard InChI is InChI=1S/C16H21N5OS/c1-11-5-7-21(12(8-11)9-17)15(22)13-10-23-16(19-13)20-14-4-2-3-6-18-14/h2-4,6,10-12H,5,7-9,17H2,1H3,(H,18,19,20). The van der Waals surface area contributed by atoms with Crippen LogP contribution in [0.5, 0.6) is 0 Å². The zero-order chi connectivity index (χ0) is 16.2. The Morgan fingerprint density at radius 2 is 2.39 bits per heavy atom. The summed E-state index contributed by atoms with van der Waals surface area (Å²) in [6.45, 7) is 3.46. The molecule has 0 aliphatic carbocycles. The summed E-state index contributed by atoms with van der Waals surface area (Å²) in [6.07, 6.45) is 3.69. The SMILES string of the molecule is CC1CCN(C(=O)c2csc(Nc3ccccn3)n2)C(CN)C1. The van der Waals surface area contributed by atoms with Crippen molar-refractivity contribution in [3.63, 3.8) is 0 Å². The van der Waals surface area contributed by atoms with Gasteiger partial charge in [0, 0.05) is 30.7 Å². The van der Waals surface area contributed by atoms with Gasteiger partial charge in [-0.25, -0.2) is 9.97 Å². The van der Waals surface area contributed by atoms with Gasteiger partial charge in [0.25, 0.3) is 5.91 Å². The van der Waals surface area contributed by atoms with Gasteiger partial charge in [-0.3, -0.25) is 4.79 Å². The Labute approximate surface area is 139 Å². The molecule has 1 amide bonds. The van der Waals surface area contributed by atoms with Crippen LogP contribution in [0.15, 0.2) is 29.8 Å². The minimum atomic E-state index is -0.0299. The average molecular weight is 331 g/mol.